The summed E-state index contributed by atoms with van der Waals surface area (Å²) in [6.07, 6.45) is 2.50. The summed E-state index contributed by atoms with van der Waals surface area (Å²) in [4.78, 5) is 0. The first-order valence-corrected chi connectivity index (χ1v) is 5.54. The number of phenolic OH excluding ortho intramolecular Hbond substituents is 1. The van der Waals surface area contributed by atoms with Gasteiger partial charge in [0.25, 0.3) is 0 Å². The van der Waals surface area contributed by atoms with Gasteiger partial charge in [-0.25, -0.2) is 0 Å². The predicted molar refractivity (Wildman–Crippen MR) is 59.6 cm³/mol. The van der Waals surface area contributed by atoms with E-state index in [9.17, 15) is 5.11 Å². The molecule has 3 rings (SSSR count). The first-order chi connectivity index (χ1) is 6.75. The molecule has 1 aliphatic carbocycles. The van der Waals surface area contributed by atoms with Crippen molar-refractivity contribution in [2.24, 2.45) is 0 Å². The van der Waals surface area contributed by atoms with Crippen LogP contribution >= 0.6 is 15.9 Å². The number of benzene rings is 1. The highest BCUT2D eigenvalue weighted by Crippen LogP contribution is 2.41. The van der Waals surface area contributed by atoms with Crippen molar-refractivity contribution in [3.8, 4) is 5.75 Å². The molecule has 1 saturated carbocycles. The largest absolute Gasteiger partial charge is 0.508 e. The van der Waals surface area contributed by atoms with Crippen LogP contribution < -0.4 is 0 Å². The average Bonchev–Trinajstić information content (AvgIpc) is 2.90. The van der Waals surface area contributed by atoms with Crippen molar-refractivity contribution >= 4 is 26.8 Å². The molecule has 72 valence electrons. The van der Waals surface area contributed by atoms with E-state index in [2.05, 4.69) is 26.6 Å². The van der Waals surface area contributed by atoms with E-state index in [1.165, 1.54) is 18.2 Å². The predicted octanol–water partition coefficient (Wildman–Crippen LogP) is 3.44. The van der Waals surface area contributed by atoms with Crippen molar-refractivity contribution in [1.29, 1.82) is 0 Å². The molecule has 2 nitrogen and oxygen atoms in total. The van der Waals surface area contributed by atoms with E-state index >= 15 is 0 Å². The summed E-state index contributed by atoms with van der Waals surface area (Å²) in [7, 11) is 0. The van der Waals surface area contributed by atoms with Crippen LogP contribution in [0.1, 0.15) is 18.9 Å². The molecule has 0 unspecified atom stereocenters. The Kier molecular flexibility index (Phi) is 1.65. The third kappa shape index (κ3) is 1.16. The number of nitrogens with zero attached hydrogens (tertiary/aromatic N) is 1. The van der Waals surface area contributed by atoms with E-state index in [-0.39, 0.29) is 0 Å². The van der Waals surface area contributed by atoms with E-state index in [0.717, 1.165) is 10.1 Å². The summed E-state index contributed by atoms with van der Waals surface area (Å²) in [5.74, 6) is 0.338. The Morgan fingerprint density at radius 3 is 2.79 bits per heavy atom. The number of fused-ring (bicyclic) bond motifs is 1. The van der Waals surface area contributed by atoms with Crippen LogP contribution in [0.5, 0.6) is 5.75 Å². The number of aromatic hydroxyl groups is 1. The first kappa shape index (κ1) is 8.36. The van der Waals surface area contributed by atoms with Crippen molar-refractivity contribution in [1.82, 2.24) is 4.57 Å². The highest BCUT2D eigenvalue weighted by atomic mass is 79.9. The minimum atomic E-state index is 0.338. The molecule has 1 fully saturated rings. The summed E-state index contributed by atoms with van der Waals surface area (Å²) in [6, 6.07) is 8.25. The molecule has 0 saturated heterocycles. The number of aromatic nitrogens is 1. The average molecular weight is 252 g/mol. The lowest BCUT2D eigenvalue weighted by atomic mass is 10.2. The van der Waals surface area contributed by atoms with Gasteiger partial charge in [0.1, 0.15) is 5.75 Å². The summed E-state index contributed by atoms with van der Waals surface area (Å²) in [5.41, 5.74) is 1.12. The van der Waals surface area contributed by atoms with Gasteiger partial charge in [0.05, 0.1) is 10.1 Å². The number of phenols is 1. The van der Waals surface area contributed by atoms with Gasteiger partial charge in [0, 0.05) is 17.5 Å². The maximum absolute atomic E-state index is 9.44. The maximum atomic E-state index is 9.44. The van der Waals surface area contributed by atoms with E-state index in [0.29, 0.717) is 11.8 Å². The molecule has 0 atom stereocenters. The minimum absolute atomic E-state index is 0.338. The lowest BCUT2D eigenvalue weighted by Crippen LogP contribution is -1.92. The zero-order valence-electron chi connectivity index (χ0n) is 7.57. The van der Waals surface area contributed by atoms with Crippen molar-refractivity contribution < 1.29 is 5.11 Å². The summed E-state index contributed by atoms with van der Waals surface area (Å²) in [6.45, 7) is 0. The third-order valence-corrected chi connectivity index (χ3v) is 3.30. The van der Waals surface area contributed by atoms with Gasteiger partial charge in [-0.05, 0) is 47.0 Å². The highest BCUT2D eigenvalue weighted by molar-refractivity contribution is 9.10. The fourth-order valence-electron chi connectivity index (χ4n) is 1.88. The standard InChI is InChI=1S/C11H10BrNO/c12-11-5-7-1-4-9(14)6-10(7)13(11)8-2-3-8/h1,4-6,8,14H,2-3H2. The van der Waals surface area contributed by atoms with Crippen molar-refractivity contribution in [2.45, 2.75) is 18.9 Å². The fraction of sp³-hybridized carbons (Fsp3) is 0.273. The van der Waals surface area contributed by atoms with Gasteiger partial charge in [-0.3, -0.25) is 0 Å². The van der Waals surface area contributed by atoms with Crippen LogP contribution in [0.25, 0.3) is 10.9 Å². The molecule has 0 amide bonds. The Bertz CT molecular complexity index is 499. The molecule has 0 radical (unpaired) electrons. The SMILES string of the molecule is Oc1ccc2cc(Br)n(C3CC3)c2c1. The quantitative estimate of drug-likeness (QED) is 0.826. The van der Waals surface area contributed by atoms with E-state index in [4.69, 9.17) is 0 Å². The Labute approximate surface area is 90.3 Å². The first-order valence-electron chi connectivity index (χ1n) is 4.75. The van der Waals surface area contributed by atoms with Crippen LogP contribution in [-0.2, 0) is 0 Å². The summed E-state index contributed by atoms with van der Waals surface area (Å²) in [5, 5.41) is 10.6. The number of hydrogen-bond acceptors (Lipinski definition) is 1. The topological polar surface area (TPSA) is 25.2 Å². The van der Waals surface area contributed by atoms with Crippen LogP contribution in [0.3, 0.4) is 0 Å². The zero-order chi connectivity index (χ0) is 9.71. The van der Waals surface area contributed by atoms with Gasteiger partial charge in [0.2, 0.25) is 0 Å². The summed E-state index contributed by atoms with van der Waals surface area (Å²) < 4.78 is 3.37. The fourth-order valence-corrected chi connectivity index (χ4v) is 2.61. The third-order valence-electron chi connectivity index (χ3n) is 2.69. The zero-order valence-corrected chi connectivity index (χ0v) is 9.16. The van der Waals surface area contributed by atoms with Crippen LogP contribution in [0.2, 0.25) is 0 Å². The highest BCUT2D eigenvalue weighted by Gasteiger charge is 2.26. The molecule has 0 spiro atoms. The molecule has 1 aromatic carbocycles. The van der Waals surface area contributed by atoms with Crippen LogP contribution in [0.4, 0.5) is 0 Å². The molecule has 1 aliphatic rings. The molecule has 1 heterocycles. The smallest absolute Gasteiger partial charge is 0.117 e. The van der Waals surface area contributed by atoms with Crippen molar-refractivity contribution in [3.05, 3.63) is 28.9 Å². The second-order valence-corrected chi connectivity index (χ2v) is 4.62. The number of halogens is 1. The van der Waals surface area contributed by atoms with Gasteiger partial charge in [-0.1, -0.05) is 0 Å². The van der Waals surface area contributed by atoms with Crippen LogP contribution in [0.15, 0.2) is 28.9 Å². The lowest BCUT2D eigenvalue weighted by molar-refractivity contribution is 0.476. The van der Waals surface area contributed by atoms with Gasteiger partial charge < -0.3 is 9.67 Å². The molecule has 0 bridgehead atoms. The maximum Gasteiger partial charge on any atom is 0.117 e. The molecule has 0 aliphatic heterocycles. The van der Waals surface area contributed by atoms with Gasteiger partial charge in [-0.2, -0.15) is 0 Å². The molecule has 1 aromatic heterocycles. The summed E-state index contributed by atoms with van der Waals surface area (Å²) >= 11 is 3.56. The van der Waals surface area contributed by atoms with Crippen molar-refractivity contribution in [2.75, 3.05) is 0 Å². The Morgan fingerprint density at radius 2 is 2.07 bits per heavy atom. The molecule has 14 heavy (non-hydrogen) atoms. The molecular weight excluding hydrogens is 242 g/mol. The van der Waals surface area contributed by atoms with Crippen LogP contribution in [0, 0.1) is 0 Å². The number of rotatable bonds is 1. The van der Waals surface area contributed by atoms with Gasteiger partial charge in [-0.15, -0.1) is 0 Å². The molecule has 1 N–H and O–H groups in total. The number of hydrogen-bond donors (Lipinski definition) is 1. The van der Waals surface area contributed by atoms with E-state index < -0.39 is 0 Å². The van der Waals surface area contributed by atoms with Crippen molar-refractivity contribution in [3.63, 3.8) is 0 Å². The van der Waals surface area contributed by atoms with E-state index in [1.54, 1.807) is 6.07 Å². The lowest BCUT2D eigenvalue weighted by Gasteiger charge is -2.04. The minimum Gasteiger partial charge on any atom is -0.508 e. The Balaban J connectivity index is 2.34. The second-order valence-electron chi connectivity index (χ2n) is 3.81. The van der Waals surface area contributed by atoms with E-state index in [1.807, 2.05) is 12.1 Å². The second kappa shape index (κ2) is 2.76. The molecule has 3 heteroatoms. The monoisotopic (exact) mass is 251 g/mol. The molecular formula is C11H10BrNO. The van der Waals surface area contributed by atoms with Gasteiger partial charge in [0.15, 0.2) is 0 Å². The van der Waals surface area contributed by atoms with Crippen LogP contribution in [-0.4, -0.2) is 9.67 Å². The normalized spacial score (nSPS) is 16.4. The van der Waals surface area contributed by atoms with Gasteiger partial charge >= 0.3 is 0 Å². The Morgan fingerprint density at radius 1 is 1.29 bits per heavy atom. The molecule has 2 aromatic rings. The Hall–Kier alpha value is -0.960.